The summed E-state index contributed by atoms with van der Waals surface area (Å²) in [5, 5.41) is 0. The highest BCUT2D eigenvalue weighted by atomic mass is 31.1. The van der Waals surface area contributed by atoms with Crippen LogP contribution in [-0.4, -0.2) is 24.6 Å². The van der Waals surface area contributed by atoms with Crippen LogP contribution >= 0.6 is 15.8 Å². The second-order valence-electron chi connectivity index (χ2n) is 14.7. The molecule has 1 aromatic carbocycles. The Hall–Kier alpha value is 0.0800. The Kier molecular flexibility index (Phi) is 28.9. The fourth-order valence-electron chi connectivity index (χ4n) is 7.21. The van der Waals surface area contributed by atoms with E-state index in [9.17, 15) is 0 Å². The molecule has 264 valence electrons. The molecule has 0 atom stereocenters. The van der Waals surface area contributed by atoms with Crippen molar-refractivity contribution in [3.05, 3.63) is 33.9 Å². The van der Waals surface area contributed by atoms with E-state index >= 15 is 0 Å². The first-order valence-corrected chi connectivity index (χ1v) is 24.3. The Morgan fingerprint density at radius 2 is 0.600 bits per heavy atom. The Balaban J connectivity index is 2.96. The maximum Gasteiger partial charge on any atom is -0.00677 e. The van der Waals surface area contributed by atoms with Crippen LogP contribution < -0.4 is 0 Å². The summed E-state index contributed by atoms with van der Waals surface area (Å²) in [6.45, 7) is 16.8. The SMILES string of the molecule is CCCCCCCCP(CCCCCCCC)Cc1c(C)cc(C)c(CP(CCCCCCCC)CCCCCCCC)c1C. The topological polar surface area (TPSA) is 0 Å². The molecule has 0 N–H and O–H groups in total. The second-order valence-corrected chi connectivity index (χ2v) is 19.8. The molecule has 0 radical (unpaired) electrons. The van der Waals surface area contributed by atoms with E-state index in [2.05, 4.69) is 54.5 Å². The Labute approximate surface area is 288 Å². The quantitative estimate of drug-likeness (QED) is 0.0533. The molecule has 0 amide bonds. The third kappa shape index (κ3) is 21.6. The van der Waals surface area contributed by atoms with Crippen LogP contribution in [0.25, 0.3) is 0 Å². The summed E-state index contributed by atoms with van der Waals surface area (Å²) in [5.74, 6) is 0. The number of aryl methyl sites for hydroxylation is 2. The summed E-state index contributed by atoms with van der Waals surface area (Å²) >= 11 is 0. The third-order valence-electron chi connectivity index (χ3n) is 10.4. The zero-order valence-corrected chi connectivity index (χ0v) is 34.0. The standard InChI is InChI=1S/C43H82P2/c1-8-12-16-20-24-28-32-44(33-29-25-21-17-13-9-2)37-42-39(5)36-40(6)43(41(42)7)38-45(34-30-26-22-18-14-10-3)35-31-27-23-19-15-11-4/h36H,8-35,37-38H2,1-7H3. The van der Waals surface area contributed by atoms with Crippen molar-refractivity contribution in [3.63, 3.8) is 0 Å². The van der Waals surface area contributed by atoms with Crippen LogP contribution in [-0.2, 0) is 12.3 Å². The van der Waals surface area contributed by atoms with Crippen LogP contribution in [0.15, 0.2) is 6.07 Å². The van der Waals surface area contributed by atoms with Gasteiger partial charge < -0.3 is 0 Å². The predicted molar refractivity (Wildman–Crippen MR) is 215 cm³/mol. The van der Waals surface area contributed by atoms with Crippen LogP contribution in [0.3, 0.4) is 0 Å². The molecule has 1 aromatic rings. The molecule has 45 heavy (non-hydrogen) atoms. The molecular formula is C43H82P2. The van der Waals surface area contributed by atoms with Gasteiger partial charge in [-0.1, -0.05) is 162 Å². The first-order valence-electron chi connectivity index (χ1n) is 20.5. The molecule has 0 aliphatic carbocycles. The lowest BCUT2D eigenvalue weighted by atomic mass is 9.95. The molecule has 0 aromatic heterocycles. The highest BCUT2D eigenvalue weighted by molar-refractivity contribution is 7.57. The van der Waals surface area contributed by atoms with Crippen molar-refractivity contribution in [3.8, 4) is 0 Å². The van der Waals surface area contributed by atoms with Gasteiger partial charge in [-0.2, -0.15) is 0 Å². The van der Waals surface area contributed by atoms with Crippen molar-refractivity contribution in [2.45, 2.75) is 215 Å². The van der Waals surface area contributed by atoms with Crippen molar-refractivity contribution in [2.24, 2.45) is 0 Å². The fraction of sp³-hybridized carbons (Fsp3) is 0.860. The zero-order valence-electron chi connectivity index (χ0n) is 32.2. The normalized spacial score (nSPS) is 11.8. The molecule has 2 heteroatoms. The molecule has 0 spiro atoms. The lowest BCUT2D eigenvalue weighted by Gasteiger charge is -2.26. The summed E-state index contributed by atoms with van der Waals surface area (Å²) in [5.41, 5.74) is 8.46. The highest BCUT2D eigenvalue weighted by Crippen LogP contribution is 2.47. The van der Waals surface area contributed by atoms with Crippen LogP contribution in [0.1, 0.15) is 210 Å². The lowest BCUT2D eigenvalue weighted by Crippen LogP contribution is -2.05. The number of unbranched alkanes of at least 4 members (excludes halogenated alkanes) is 20. The van der Waals surface area contributed by atoms with E-state index in [0.717, 1.165) is 0 Å². The van der Waals surface area contributed by atoms with Crippen molar-refractivity contribution in [1.29, 1.82) is 0 Å². The minimum Gasteiger partial charge on any atom is -0.102 e. The van der Waals surface area contributed by atoms with Crippen molar-refractivity contribution in [2.75, 3.05) is 24.6 Å². The summed E-state index contributed by atoms with van der Waals surface area (Å²) in [7, 11) is 0.221. The molecule has 0 heterocycles. The maximum atomic E-state index is 2.60. The molecule has 1 rings (SSSR count). The first kappa shape index (κ1) is 43.1. The van der Waals surface area contributed by atoms with Crippen molar-refractivity contribution < 1.29 is 0 Å². The van der Waals surface area contributed by atoms with Gasteiger partial charge in [0.2, 0.25) is 0 Å². The van der Waals surface area contributed by atoms with Crippen LogP contribution in [0, 0.1) is 20.8 Å². The summed E-state index contributed by atoms with van der Waals surface area (Å²) in [6, 6.07) is 2.60. The molecule has 0 aliphatic rings. The van der Waals surface area contributed by atoms with E-state index in [4.69, 9.17) is 0 Å². The Morgan fingerprint density at radius 3 is 0.867 bits per heavy atom. The molecule has 0 saturated heterocycles. The molecule has 0 nitrogen and oxygen atoms in total. The Bertz CT molecular complexity index is 705. The largest absolute Gasteiger partial charge is 0.102 e. The van der Waals surface area contributed by atoms with Gasteiger partial charge in [0, 0.05) is 0 Å². The minimum absolute atomic E-state index is 0.111. The molecule has 0 saturated carbocycles. The van der Waals surface area contributed by atoms with E-state index in [1.54, 1.807) is 27.8 Å². The van der Waals surface area contributed by atoms with Crippen LogP contribution in [0.5, 0.6) is 0 Å². The van der Waals surface area contributed by atoms with E-state index in [0.29, 0.717) is 0 Å². The van der Waals surface area contributed by atoms with Gasteiger partial charge in [-0.15, -0.1) is 15.8 Å². The summed E-state index contributed by atoms with van der Waals surface area (Å²) < 4.78 is 0. The van der Waals surface area contributed by atoms with Gasteiger partial charge >= 0.3 is 0 Å². The van der Waals surface area contributed by atoms with Gasteiger partial charge in [0.1, 0.15) is 0 Å². The molecule has 0 unspecified atom stereocenters. The highest BCUT2D eigenvalue weighted by Gasteiger charge is 2.19. The van der Waals surface area contributed by atoms with E-state index in [-0.39, 0.29) is 15.8 Å². The summed E-state index contributed by atoms with van der Waals surface area (Å²) in [4.78, 5) is 0. The third-order valence-corrected chi connectivity index (χ3v) is 15.7. The molecule has 0 fully saturated rings. The van der Waals surface area contributed by atoms with E-state index in [1.807, 2.05) is 0 Å². The monoisotopic (exact) mass is 661 g/mol. The van der Waals surface area contributed by atoms with E-state index in [1.165, 1.54) is 191 Å². The van der Waals surface area contributed by atoms with Gasteiger partial charge in [-0.05, 0) is 111 Å². The van der Waals surface area contributed by atoms with Crippen molar-refractivity contribution >= 4 is 15.8 Å². The molecule has 0 bridgehead atoms. The first-order chi connectivity index (χ1) is 22.0. The molecular weight excluding hydrogens is 578 g/mol. The van der Waals surface area contributed by atoms with E-state index < -0.39 is 0 Å². The van der Waals surface area contributed by atoms with Gasteiger partial charge in [0.25, 0.3) is 0 Å². The number of rotatable bonds is 32. The van der Waals surface area contributed by atoms with Gasteiger partial charge in [-0.25, -0.2) is 0 Å². The van der Waals surface area contributed by atoms with Crippen molar-refractivity contribution in [1.82, 2.24) is 0 Å². The minimum atomic E-state index is 0.111. The van der Waals surface area contributed by atoms with Gasteiger partial charge in [0.05, 0.1) is 0 Å². The summed E-state index contributed by atoms with van der Waals surface area (Å²) in [6.07, 6.45) is 43.4. The van der Waals surface area contributed by atoms with Crippen LogP contribution in [0.2, 0.25) is 0 Å². The number of benzene rings is 1. The average Bonchev–Trinajstić information content (AvgIpc) is 3.03. The molecule has 0 aliphatic heterocycles. The number of hydrogen-bond donors (Lipinski definition) is 0. The van der Waals surface area contributed by atoms with Crippen LogP contribution in [0.4, 0.5) is 0 Å². The second kappa shape index (κ2) is 30.2. The number of hydrogen-bond acceptors (Lipinski definition) is 0. The van der Waals surface area contributed by atoms with Gasteiger partial charge in [-0.3, -0.25) is 0 Å². The zero-order chi connectivity index (χ0) is 33.0. The fourth-order valence-corrected chi connectivity index (χ4v) is 12.8. The maximum absolute atomic E-state index is 2.60. The lowest BCUT2D eigenvalue weighted by molar-refractivity contribution is 0.621. The van der Waals surface area contributed by atoms with Gasteiger partial charge in [0.15, 0.2) is 0 Å². The average molecular weight is 661 g/mol. The smallest absolute Gasteiger partial charge is 0.00677 e. The predicted octanol–water partition coefficient (Wildman–Crippen LogP) is 16.0. The Morgan fingerprint density at radius 1 is 0.356 bits per heavy atom.